The highest BCUT2D eigenvalue weighted by Crippen LogP contribution is 2.33. The monoisotopic (exact) mass is 742 g/mol. The molecule has 3 aromatic heterocycles. The minimum Gasteiger partial charge on any atom is -0.444 e. The van der Waals surface area contributed by atoms with E-state index in [0.717, 1.165) is 97.7 Å². The molecule has 0 spiro atoms. The lowest BCUT2D eigenvalue weighted by atomic mass is 10.0. The Morgan fingerprint density at radius 2 is 1.81 bits per heavy atom. The second kappa shape index (κ2) is 17.0. The standard InChI is InChI=1S/C40H58N8O4Si/c1-29(35-23-30(14-15-41-35)25-46-16-8-9-33(26-46)45-39(49)52-40(2,3)4)44-32-12-10-31(11-13-32)36-24-34-37(47-17-19-50-20-18-47)42-27-43-38(34)48(36)28-51-21-22-53(5,6)7/h10-15,23-24,27,29,33,44H,8-9,16-22,25-26,28H2,1-7H3,(H,45,49)/t29?,33-/m1/s1. The quantitative estimate of drug-likeness (QED) is 0.107. The third-order valence-corrected chi connectivity index (χ3v) is 11.4. The molecule has 1 unspecified atom stereocenters. The molecule has 53 heavy (non-hydrogen) atoms. The van der Waals surface area contributed by atoms with Gasteiger partial charge in [0.05, 0.1) is 36.0 Å². The average molecular weight is 743 g/mol. The second-order valence-corrected chi connectivity index (χ2v) is 22.2. The van der Waals surface area contributed by atoms with Crippen molar-refractivity contribution in [1.29, 1.82) is 0 Å². The Bertz CT molecular complexity index is 1810. The molecule has 0 bridgehead atoms. The summed E-state index contributed by atoms with van der Waals surface area (Å²) in [7, 11) is -1.22. The maximum atomic E-state index is 12.4. The van der Waals surface area contributed by atoms with E-state index in [0.29, 0.717) is 19.9 Å². The number of hydrogen-bond donors (Lipinski definition) is 2. The number of alkyl carbamates (subject to hydrolysis) is 1. The predicted molar refractivity (Wildman–Crippen MR) is 214 cm³/mol. The lowest BCUT2D eigenvalue weighted by Crippen LogP contribution is -2.48. The molecular weight excluding hydrogens is 685 g/mol. The van der Waals surface area contributed by atoms with Crippen LogP contribution in [0.1, 0.15) is 57.8 Å². The average Bonchev–Trinajstić information content (AvgIpc) is 3.48. The van der Waals surface area contributed by atoms with Crippen molar-refractivity contribution < 1.29 is 19.0 Å². The number of rotatable bonds is 13. The van der Waals surface area contributed by atoms with Crippen molar-refractivity contribution in [3.63, 3.8) is 0 Å². The number of aromatic nitrogens is 4. The number of pyridine rings is 1. The van der Waals surface area contributed by atoms with Crippen LogP contribution in [0, 0.1) is 0 Å². The van der Waals surface area contributed by atoms with Crippen molar-refractivity contribution in [3.05, 3.63) is 66.2 Å². The highest BCUT2D eigenvalue weighted by molar-refractivity contribution is 6.76. The normalized spacial score (nSPS) is 17.9. The van der Waals surface area contributed by atoms with E-state index in [9.17, 15) is 4.79 Å². The number of benzene rings is 1. The van der Waals surface area contributed by atoms with E-state index in [2.05, 4.69) is 94.0 Å². The summed E-state index contributed by atoms with van der Waals surface area (Å²) >= 11 is 0. The van der Waals surface area contributed by atoms with Crippen LogP contribution in [0.5, 0.6) is 0 Å². The smallest absolute Gasteiger partial charge is 0.407 e. The van der Waals surface area contributed by atoms with Gasteiger partial charge in [0.1, 0.15) is 30.1 Å². The maximum Gasteiger partial charge on any atom is 0.407 e. The fraction of sp³-hybridized carbons (Fsp3) is 0.550. The van der Waals surface area contributed by atoms with Gasteiger partial charge in [-0.25, -0.2) is 14.8 Å². The first-order valence-corrected chi connectivity index (χ1v) is 22.8. The molecule has 2 N–H and O–H groups in total. The van der Waals surface area contributed by atoms with E-state index in [4.69, 9.17) is 29.2 Å². The summed E-state index contributed by atoms with van der Waals surface area (Å²) in [5.74, 6) is 0.944. The maximum absolute atomic E-state index is 12.4. The molecule has 0 radical (unpaired) electrons. The number of nitrogens with one attached hydrogen (secondary N) is 2. The number of carbonyl (C=O) groups excluding carboxylic acids is 1. The minimum absolute atomic E-state index is 0.00121. The van der Waals surface area contributed by atoms with E-state index >= 15 is 0 Å². The van der Waals surface area contributed by atoms with Gasteiger partial charge in [-0.3, -0.25) is 9.88 Å². The summed E-state index contributed by atoms with van der Waals surface area (Å²) in [5.41, 5.74) is 5.72. The van der Waals surface area contributed by atoms with Crippen molar-refractivity contribution in [2.45, 2.75) is 97.2 Å². The van der Waals surface area contributed by atoms with Gasteiger partial charge in [-0.05, 0) is 94.6 Å². The molecule has 5 heterocycles. The summed E-state index contributed by atoms with van der Waals surface area (Å²) in [6.45, 7) is 21.7. The van der Waals surface area contributed by atoms with Crippen LogP contribution in [-0.4, -0.2) is 96.2 Å². The molecule has 286 valence electrons. The molecule has 2 aliphatic rings. The van der Waals surface area contributed by atoms with Crippen molar-refractivity contribution >= 4 is 36.7 Å². The van der Waals surface area contributed by atoms with Crippen molar-refractivity contribution in [2.75, 3.05) is 56.2 Å². The van der Waals surface area contributed by atoms with E-state index in [1.807, 2.05) is 27.0 Å². The summed E-state index contributed by atoms with van der Waals surface area (Å²) in [5, 5.41) is 7.75. The number of piperidine rings is 1. The van der Waals surface area contributed by atoms with Crippen LogP contribution in [0.15, 0.2) is 55.0 Å². The summed E-state index contributed by atoms with van der Waals surface area (Å²) in [6, 6.07) is 16.2. The third-order valence-electron chi connectivity index (χ3n) is 9.68. The van der Waals surface area contributed by atoms with Crippen molar-refractivity contribution in [2.24, 2.45) is 0 Å². The van der Waals surface area contributed by atoms with Crippen LogP contribution >= 0.6 is 0 Å². The zero-order valence-corrected chi connectivity index (χ0v) is 33.7. The van der Waals surface area contributed by atoms with E-state index in [1.54, 1.807) is 6.33 Å². The first-order valence-electron chi connectivity index (χ1n) is 19.1. The summed E-state index contributed by atoms with van der Waals surface area (Å²) in [4.78, 5) is 31.2. The van der Waals surface area contributed by atoms with E-state index in [-0.39, 0.29) is 18.2 Å². The summed E-state index contributed by atoms with van der Waals surface area (Å²) < 4.78 is 19.6. The van der Waals surface area contributed by atoms with Gasteiger partial charge >= 0.3 is 6.09 Å². The number of hydrogen-bond acceptors (Lipinski definition) is 10. The number of carbonyl (C=O) groups is 1. The van der Waals surface area contributed by atoms with Crippen LogP contribution in [0.3, 0.4) is 0 Å². The second-order valence-electron chi connectivity index (χ2n) is 16.6. The molecule has 6 rings (SSSR count). The van der Waals surface area contributed by atoms with Crippen molar-refractivity contribution in [3.8, 4) is 11.3 Å². The minimum atomic E-state index is -1.22. The van der Waals surface area contributed by atoms with Crippen molar-refractivity contribution in [1.82, 2.24) is 29.7 Å². The molecule has 12 nitrogen and oxygen atoms in total. The SMILES string of the molecule is CC(Nc1ccc(-c2cc3c(N4CCOCC4)ncnc3n2COCC[Si](C)(C)C)cc1)c1cc(CN2CCC[C@@H](NC(=O)OC(C)(C)C)C2)ccn1. The fourth-order valence-corrected chi connectivity index (χ4v) is 7.68. The van der Waals surface area contributed by atoms with Gasteiger partial charge in [0.2, 0.25) is 0 Å². The zero-order chi connectivity index (χ0) is 37.6. The Morgan fingerprint density at radius 1 is 1.04 bits per heavy atom. The molecule has 2 saturated heterocycles. The first kappa shape index (κ1) is 38.7. The first-order chi connectivity index (χ1) is 25.3. The topological polar surface area (TPSA) is 119 Å². The molecule has 2 aliphatic heterocycles. The van der Waals surface area contributed by atoms with Gasteiger partial charge in [0.15, 0.2) is 0 Å². The zero-order valence-electron chi connectivity index (χ0n) is 32.7. The lowest BCUT2D eigenvalue weighted by molar-refractivity contribution is 0.0470. The number of amides is 1. The molecule has 1 amide bonds. The van der Waals surface area contributed by atoms with Crippen LogP contribution in [-0.2, 0) is 27.5 Å². The Morgan fingerprint density at radius 3 is 2.55 bits per heavy atom. The number of fused-ring (bicyclic) bond motifs is 1. The number of anilines is 2. The van der Waals surface area contributed by atoms with Crippen LogP contribution in [0.25, 0.3) is 22.3 Å². The highest BCUT2D eigenvalue weighted by Gasteiger charge is 2.25. The summed E-state index contributed by atoms with van der Waals surface area (Å²) in [6.07, 6.45) is 5.20. The fourth-order valence-electron chi connectivity index (χ4n) is 6.92. The number of nitrogens with zero attached hydrogens (tertiary/aromatic N) is 6. The van der Waals surface area contributed by atoms with Crippen LogP contribution in [0.2, 0.25) is 25.7 Å². The highest BCUT2D eigenvalue weighted by atomic mass is 28.3. The molecule has 2 fully saturated rings. The van der Waals surface area contributed by atoms with Gasteiger partial charge in [0, 0.05) is 58.8 Å². The van der Waals surface area contributed by atoms with Crippen LogP contribution in [0.4, 0.5) is 16.3 Å². The van der Waals surface area contributed by atoms with Gasteiger partial charge < -0.3 is 34.3 Å². The van der Waals surface area contributed by atoms with E-state index < -0.39 is 13.7 Å². The van der Waals surface area contributed by atoms with Gasteiger partial charge in [-0.15, -0.1) is 0 Å². The number of likely N-dealkylation sites (tertiary alicyclic amines) is 1. The third kappa shape index (κ3) is 10.8. The molecule has 13 heteroatoms. The van der Waals surface area contributed by atoms with Gasteiger partial charge in [-0.2, -0.15) is 0 Å². The molecule has 2 atom stereocenters. The Balaban J connectivity index is 1.13. The Kier molecular flexibility index (Phi) is 12.4. The van der Waals surface area contributed by atoms with Crippen LogP contribution < -0.4 is 15.5 Å². The molecular formula is C40H58N8O4Si. The largest absolute Gasteiger partial charge is 0.444 e. The van der Waals surface area contributed by atoms with Gasteiger partial charge in [-0.1, -0.05) is 31.8 Å². The molecule has 4 aromatic rings. The molecule has 0 saturated carbocycles. The Hall–Kier alpha value is -4.04. The molecule has 1 aromatic carbocycles. The van der Waals surface area contributed by atoms with Gasteiger partial charge in [0.25, 0.3) is 0 Å². The predicted octanol–water partition coefficient (Wildman–Crippen LogP) is 7.30. The molecule has 0 aliphatic carbocycles. The lowest BCUT2D eigenvalue weighted by Gasteiger charge is -2.33. The van der Waals surface area contributed by atoms with E-state index in [1.165, 1.54) is 5.56 Å². The number of morpholine rings is 1. The number of ether oxygens (including phenoxy) is 3. The Labute approximate surface area is 315 Å².